The van der Waals surface area contributed by atoms with Gasteiger partial charge in [0.05, 0.1) is 0 Å². The Hall–Kier alpha value is -1.02. The standard InChI is InChI=1S/C12H17NO/c1-8-3-4-12-11(7-8)10(5-6-13)9(2)14-12/h3-4,7,9-10H,5-6,13H2,1-2H3. The highest BCUT2D eigenvalue weighted by Gasteiger charge is 2.30. The zero-order valence-electron chi connectivity index (χ0n) is 8.79. The largest absolute Gasteiger partial charge is 0.490 e. The van der Waals surface area contributed by atoms with Gasteiger partial charge in [-0.3, -0.25) is 0 Å². The number of ether oxygens (including phenoxy) is 1. The summed E-state index contributed by atoms with van der Waals surface area (Å²) in [7, 11) is 0. The third-order valence-corrected chi connectivity index (χ3v) is 2.92. The maximum Gasteiger partial charge on any atom is 0.123 e. The second-order valence-electron chi connectivity index (χ2n) is 4.05. The molecule has 2 heteroatoms. The monoisotopic (exact) mass is 191 g/mol. The van der Waals surface area contributed by atoms with Crippen molar-refractivity contribution in [3.8, 4) is 5.75 Å². The number of hydrogen-bond acceptors (Lipinski definition) is 2. The molecule has 0 bridgehead atoms. The minimum Gasteiger partial charge on any atom is -0.490 e. The van der Waals surface area contributed by atoms with Gasteiger partial charge in [0, 0.05) is 11.5 Å². The first-order valence-corrected chi connectivity index (χ1v) is 5.19. The van der Waals surface area contributed by atoms with Crippen LogP contribution in [0.4, 0.5) is 0 Å². The van der Waals surface area contributed by atoms with E-state index in [1.807, 2.05) is 0 Å². The molecule has 0 aromatic heterocycles. The lowest BCUT2D eigenvalue weighted by Crippen LogP contribution is -2.17. The molecule has 1 aliphatic heterocycles. The molecule has 2 nitrogen and oxygen atoms in total. The molecule has 0 aliphatic carbocycles. The molecule has 1 aromatic rings. The Balaban J connectivity index is 2.34. The van der Waals surface area contributed by atoms with Crippen molar-refractivity contribution in [2.45, 2.75) is 32.3 Å². The van der Waals surface area contributed by atoms with E-state index >= 15 is 0 Å². The van der Waals surface area contributed by atoms with Gasteiger partial charge in [-0.2, -0.15) is 0 Å². The molecule has 2 unspecified atom stereocenters. The van der Waals surface area contributed by atoms with E-state index in [0.717, 1.165) is 18.7 Å². The first-order valence-electron chi connectivity index (χ1n) is 5.19. The van der Waals surface area contributed by atoms with Crippen molar-refractivity contribution in [3.63, 3.8) is 0 Å². The summed E-state index contributed by atoms with van der Waals surface area (Å²) in [5, 5.41) is 0. The fourth-order valence-electron chi connectivity index (χ4n) is 2.17. The number of rotatable bonds is 2. The molecule has 0 radical (unpaired) electrons. The van der Waals surface area contributed by atoms with Crippen LogP contribution in [0, 0.1) is 6.92 Å². The Kier molecular flexibility index (Phi) is 2.46. The summed E-state index contributed by atoms with van der Waals surface area (Å²) in [6.45, 7) is 4.96. The smallest absolute Gasteiger partial charge is 0.123 e. The second kappa shape index (κ2) is 3.62. The van der Waals surface area contributed by atoms with Crippen molar-refractivity contribution in [1.82, 2.24) is 0 Å². The van der Waals surface area contributed by atoms with E-state index in [9.17, 15) is 0 Å². The van der Waals surface area contributed by atoms with Crippen LogP contribution in [-0.4, -0.2) is 12.6 Å². The van der Waals surface area contributed by atoms with Crippen molar-refractivity contribution in [1.29, 1.82) is 0 Å². The summed E-state index contributed by atoms with van der Waals surface area (Å²) in [4.78, 5) is 0. The fraction of sp³-hybridized carbons (Fsp3) is 0.500. The molecule has 2 atom stereocenters. The lowest BCUT2D eigenvalue weighted by molar-refractivity contribution is 0.222. The van der Waals surface area contributed by atoms with E-state index in [-0.39, 0.29) is 6.10 Å². The van der Waals surface area contributed by atoms with Crippen molar-refractivity contribution in [2.75, 3.05) is 6.54 Å². The summed E-state index contributed by atoms with van der Waals surface area (Å²) < 4.78 is 5.77. The Labute approximate surface area is 85.1 Å². The van der Waals surface area contributed by atoms with Gasteiger partial charge in [-0.1, -0.05) is 17.7 Å². The van der Waals surface area contributed by atoms with Crippen LogP contribution in [0.2, 0.25) is 0 Å². The van der Waals surface area contributed by atoms with Crippen LogP contribution in [0.25, 0.3) is 0 Å². The molecule has 0 fully saturated rings. The van der Waals surface area contributed by atoms with Gasteiger partial charge in [-0.05, 0) is 32.9 Å². The van der Waals surface area contributed by atoms with Gasteiger partial charge >= 0.3 is 0 Å². The topological polar surface area (TPSA) is 35.2 Å². The molecule has 76 valence electrons. The predicted molar refractivity (Wildman–Crippen MR) is 57.7 cm³/mol. The molecule has 14 heavy (non-hydrogen) atoms. The molecule has 0 saturated carbocycles. The minimum absolute atomic E-state index is 0.273. The summed E-state index contributed by atoms with van der Waals surface area (Å²) in [6.07, 6.45) is 1.28. The summed E-state index contributed by atoms with van der Waals surface area (Å²) in [5.74, 6) is 1.52. The summed E-state index contributed by atoms with van der Waals surface area (Å²) >= 11 is 0. The first-order chi connectivity index (χ1) is 6.72. The van der Waals surface area contributed by atoms with Crippen LogP contribution < -0.4 is 10.5 Å². The quantitative estimate of drug-likeness (QED) is 0.777. The van der Waals surface area contributed by atoms with Gasteiger partial charge in [0.2, 0.25) is 0 Å². The van der Waals surface area contributed by atoms with Crippen molar-refractivity contribution in [2.24, 2.45) is 5.73 Å². The fourth-order valence-corrected chi connectivity index (χ4v) is 2.17. The third kappa shape index (κ3) is 1.50. The van der Waals surface area contributed by atoms with Gasteiger partial charge in [0.15, 0.2) is 0 Å². The number of hydrogen-bond donors (Lipinski definition) is 1. The average Bonchev–Trinajstić information content (AvgIpc) is 2.45. The Morgan fingerprint density at radius 3 is 2.93 bits per heavy atom. The molecular weight excluding hydrogens is 174 g/mol. The van der Waals surface area contributed by atoms with Gasteiger partial charge < -0.3 is 10.5 Å². The molecule has 1 aromatic carbocycles. The number of benzene rings is 1. The van der Waals surface area contributed by atoms with Crippen LogP contribution in [0.15, 0.2) is 18.2 Å². The number of fused-ring (bicyclic) bond motifs is 1. The maximum absolute atomic E-state index is 5.77. The third-order valence-electron chi connectivity index (χ3n) is 2.92. The van der Waals surface area contributed by atoms with E-state index in [1.54, 1.807) is 0 Å². The van der Waals surface area contributed by atoms with Crippen molar-refractivity contribution in [3.05, 3.63) is 29.3 Å². The van der Waals surface area contributed by atoms with Crippen LogP contribution >= 0.6 is 0 Å². The van der Waals surface area contributed by atoms with E-state index < -0.39 is 0 Å². The van der Waals surface area contributed by atoms with Gasteiger partial charge in [-0.25, -0.2) is 0 Å². The molecule has 0 spiro atoms. The van der Waals surface area contributed by atoms with Crippen molar-refractivity contribution < 1.29 is 4.74 Å². The van der Waals surface area contributed by atoms with E-state index in [1.165, 1.54) is 11.1 Å². The van der Waals surface area contributed by atoms with Gasteiger partial charge in [0.1, 0.15) is 11.9 Å². The van der Waals surface area contributed by atoms with Gasteiger partial charge in [-0.15, -0.1) is 0 Å². The summed E-state index contributed by atoms with van der Waals surface area (Å²) in [6, 6.07) is 6.38. The number of aryl methyl sites for hydroxylation is 1. The normalized spacial score (nSPS) is 24.5. The van der Waals surface area contributed by atoms with Crippen LogP contribution in [0.1, 0.15) is 30.4 Å². The lowest BCUT2D eigenvalue weighted by atomic mass is 9.92. The lowest BCUT2D eigenvalue weighted by Gasteiger charge is -2.13. The Morgan fingerprint density at radius 1 is 1.43 bits per heavy atom. The zero-order valence-corrected chi connectivity index (χ0v) is 8.79. The Morgan fingerprint density at radius 2 is 2.21 bits per heavy atom. The Bertz CT molecular complexity index is 335. The SMILES string of the molecule is Cc1ccc2c(c1)C(CCN)C(C)O2. The highest BCUT2D eigenvalue weighted by atomic mass is 16.5. The highest BCUT2D eigenvalue weighted by molar-refractivity contribution is 5.43. The molecule has 1 heterocycles. The molecule has 0 amide bonds. The van der Waals surface area contributed by atoms with Crippen LogP contribution in [-0.2, 0) is 0 Å². The van der Waals surface area contributed by atoms with Crippen LogP contribution in [0.5, 0.6) is 5.75 Å². The van der Waals surface area contributed by atoms with E-state index in [0.29, 0.717) is 5.92 Å². The van der Waals surface area contributed by atoms with E-state index in [2.05, 4.69) is 32.0 Å². The zero-order chi connectivity index (χ0) is 10.1. The summed E-state index contributed by atoms with van der Waals surface area (Å²) in [5.41, 5.74) is 8.24. The molecule has 1 aliphatic rings. The first kappa shape index (κ1) is 9.53. The maximum atomic E-state index is 5.77. The highest BCUT2D eigenvalue weighted by Crippen LogP contribution is 2.40. The van der Waals surface area contributed by atoms with Gasteiger partial charge in [0.25, 0.3) is 0 Å². The second-order valence-corrected chi connectivity index (χ2v) is 4.05. The van der Waals surface area contributed by atoms with E-state index in [4.69, 9.17) is 10.5 Å². The van der Waals surface area contributed by atoms with Crippen molar-refractivity contribution >= 4 is 0 Å². The predicted octanol–water partition coefficient (Wildman–Crippen LogP) is 2.21. The minimum atomic E-state index is 0.273. The van der Waals surface area contributed by atoms with Crippen LogP contribution in [0.3, 0.4) is 0 Å². The molecule has 2 N–H and O–H groups in total. The molecule has 0 saturated heterocycles. The average molecular weight is 191 g/mol. The molecular formula is C12H17NO. The molecule has 2 rings (SSSR count). The number of nitrogens with two attached hydrogens (primary N) is 1.